The summed E-state index contributed by atoms with van der Waals surface area (Å²) < 4.78 is 5.22. The van der Waals surface area contributed by atoms with Crippen LogP contribution in [-0.2, 0) is 9.53 Å². The monoisotopic (exact) mass is 262 g/mol. The van der Waals surface area contributed by atoms with Crippen LogP contribution in [0.15, 0.2) is 18.2 Å². The molecule has 5 nitrogen and oxygen atoms in total. The summed E-state index contributed by atoms with van der Waals surface area (Å²) in [4.78, 5) is 24.3. The fourth-order valence-corrected chi connectivity index (χ4v) is 1.99. The Morgan fingerprint density at radius 2 is 2.16 bits per heavy atom. The number of anilines is 1. The number of nitrogens with one attached hydrogen (secondary N) is 1. The molecular formula is C14H18N2O3. The Bertz CT molecular complexity index is 513. The highest BCUT2D eigenvalue weighted by atomic mass is 16.6. The lowest BCUT2D eigenvalue weighted by molar-refractivity contribution is -0.119. The van der Waals surface area contributed by atoms with Crippen molar-refractivity contribution in [1.29, 1.82) is 0 Å². The van der Waals surface area contributed by atoms with Crippen molar-refractivity contribution in [1.82, 2.24) is 5.32 Å². The predicted molar refractivity (Wildman–Crippen MR) is 72.2 cm³/mol. The number of benzene rings is 1. The minimum absolute atomic E-state index is 0.124. The van der Waals surface area contributed by atoms with Crippen molar-refractivity contribution >= 4 is 17.7 Å². The molecule has 1 heterocycles. The van der Waals surface area contributed by atoms with Crippen LogP contribution in [0, 0.1) is 13.8 Å². The lowest BCUT2D eigenvalue weighted by Gasteiger charge is -2.14. The van der Waals surface area contributed by atoms with Crippen LogP contribution >= 0.6 is 0 Å². The van der Waals surface area contributed by atoms with E-state index in [0.29, 0.717) is 13.1 Å². The first-order chi connectivity index (χ1) is 8.97. The predicted octanol–water partition coefficient (Wildman–Crippen LogP) is 1.76. The van der Waals surface area contributed by atoms with Crippen LogP contribution in [0.5, 0.6) is 0 Å². The van der Waals surface area contributed by atoms with E-state index in [1.807, 2.05) is 32.0 Å². The summed E-state index contributed by atoms with van der Waals surface area (Å²) in [5.41, 5.74) is 3.15. The molecule has 0 bridgehead atoms. The Labute approximate surface area is 112 Å². The van der Waals surface area contributed by atoms with Crippen molar-refractivity contribution < 1.29 is 14.3 Å². The molecule has 1 aromatic rings. The quantitative estimate of drug-likeness (QED) is 0.903. The van der Waals surface area contributed by atoms with Gasteiger partial charge in [-0.15, -0.1) is 0 Å². The Balaban J connectivity index is 2.07. The first kappa shape index (κ1) is 13.4. The molecule has 2 amide bonds. The van der Waals surface area contributed by atoms with Crippen molar-refractivity contribution in [2.45, 2.75) is 26.9 Å². The molecule has 1 aliphatic rings. The first-order valence-corrected chi connectivity index (χ1v) is 6.27. The van der Waals surface area contributed by atoms with Crippen LogP contribution in [0.4, 0.5) is 10.5 Å². The van der Waals surface area contributed by atoms with Crippen molar-refractivity contribution in [3.05, 3.63) is 29.3 Å². The minimum Gasteiger partial charge on any atom is -0.442 e. The highest BCUT2D eigenvalue weighted by Crippen LogP contribution is 2.23. The number of carbonyl (C=O) groups excluding carboxylic acids is 2. The molecular weight excluding hydrogens is 244 g/mol. The van der Waals surface area contributed by atoms with Gasteiger partial charge in [-0.1, -0.05) is 6.07 Å². The van der Waals surface area contributed by atoms with E-state index in [9.17, 15) is 9.59 Å². The summed E-state index contributed by atoms with van der Waals surface area (Å²) in [5.74, 6) is -0.124. The summed E-state index contributed by atoms with van der Waals surface area (Å²) in [6.45, 7) is 6.29. The fraction of sp³-hybridized carbons (Fsp3) is 0.429. The van der Waals surface area contributed by atoms with Crippen molar-refractivity contribution in [3.63, 3.8) is 0 Å². The van der Waals surface area contributed by atoms with E-state index in [2.05, 4.69) is 5.32 Å². The van der Waals surface area contributed by atoms with Gasteiger partial charge in [-0.25, -0.2) is 4.79 Å². The molecule has 5 heteroatoms. The molecule has 1 N–H and O–H groups in total. The highest BCUT2D eigenvalue weighted by Gasteiger charge is 2.32. The van der Waals surface area contributed by atoms with E-state index in [4.69, 9.17) is 4.74 Å². The molecule has 1 aromatic carbocycles. The molecule has 1 aliphatic heterocycles. The second kappa shape index (κ2) is 5.30. The second-order valence-electron chi connectivity index (χ2n) is 4.82. The summed E-state index contributed by atoms with van der Waals surface area (Å²) in [5, 5.41) is 2.66. The van der Waals surface area contributed by atoms with Gasteiger partial charge < -0.3 is 10.1 Å². The van der Waals surface area contributed by atoms with Crippen molar-refractivity contribution in [3.8, 4) is 0 Å². The number of rotatable bonds is 3. The average Bonchev–Trinajstić information content (AvgIpc) is 2.72. The van der Waals surface area contributed by atoms with Crippen molar-refractivity contribution in [2.75, 3.05) is 18.0 Å². The standard InChI is InChI=1S/C14H18N2O3/c1-9-4-5-12(6-10(9)2)16-8-13(19-14(16)18)7-15-11(3)17/h4-6,13H,7-8H2,1-3H3,(H,15,17)/t13-/m0/s1. The van der Waals surface area contributed by atoms with Gasteiger partial charge >= 0.3 is 6.09 Å². The third kappa shape index (κ3) is 3.05. The molecule has 1 saturated heterocycles. The van der Waals surface area contributed by atoms with Crippen LogP contribution in [-0.4, -0.2) is 31.2 Å². The maximum atomic E-state index is 11.8. The summed E-state index contributed by atoms with van der Waals surface area (Å²) >= 11 is 0. The lowest BCUT2D eigenvalue weighted by Crippen LogP contribution is -2.33. The van der Waals surface area contributed by atoms with Crippen molar-refractivity contribution in [2.24, 2.45) is 0 Å². The topological polar surface area (TPSA) is 58.6 Å². The van der Waals surface area contributed by atoms with Crippen LogP contribution in [0.2, 0.25) is 0 Å². The first-order valence-electron chi connectivity index (χ1n) is 6.27. The largest absolute Gasteiger partial charge is 0.442 e. The summed E-state index contributed by atoms with van der Waals surface area (Å²) in [6, 6.07) is 5.86. The van der Waals surface area contributed by atoms with E-state index in [1.165, 1.54) is 12.5 Å². The molecule has 1 fully saturated rings. The molecule has 0 spiro atoms. The van der Waals surface area contributed by atoms with E-state index in [1.54, 1.807) is 4.90 Å². The number of aryl methyl sites for hydroxylation is 2. The van der Waals surface area contributed by atoms with E-state index in [-0.39, 0.29) is 18.1 Å². The van der Waals surface area contributed by atoms with Gasteiger partial charge in [0.15, 0.2) is 0 Å². The molecule has 1 atom stereocenters. The van der Waals surface area contributed by atoms with Crippen LogP contribution < -0.4 is 10.2 Å². The van der Waals surface area contributed by atoms with E-state index in [0.717, 1.165) is 11.3 Å². The molecule has 2 rings (SSSR count). The Kier molecular flexibility index (Phi) is 3.74. The number of cyclic esters (lactones) is 1. The zero-order valence-corrected chi connectivity index (χ0v) is 11.4. The van der Waals surface area contributed by atoms with Gasteiger partial charge in [-0.2, -0.15) is 0 Å². The van der Waals surface area contributed by atoms with Gasteiger partial charge in [0.2, 0.25) is 5.91 Å². The maximum absolute atomic E-state index is 11.8. The average molecular weight is 262 g/mol. The Hall–Kier alpha value is -2.04. The molecule has 0 aromatic heterocycles. The maximum Gasteiger partial charge on any atom is 0.414 e. The highest BCUT2D eigenvalue weighted by molar-refractivity contribution is 5.90. The second-order valence-corrected chi connectivity index (χ2v) is 4.82. The Morgan fingerprint density at radius 1 is 1.42 bits per heavy atom. The number of nitrogens with zero attached hydrogens (tertiary/aromatic N) is 1. The minimum atomic E-state index is -0.362. The molecule has 0 saturated carbocycles. The number of hydrogen-bond donors (Lipinski definition) is 1. The third-order valence-corrected chi connectivity index (χ3v) is 3.25. The number of carbonyl (C=O) groups is 2. The Morgan fingerprint density at radius 3 is 2.79 bits per heavy atom. The zero-order valence-electron chi connectivity index (χ0n) is 11.4. The molecule has 0 aliphatic carbocycles. The summed E-state index contributed by atoms with van der Waals surface area (Å²) in [6.07, 6.45) is -0.656. The number of hydrogen-bond acceptors (Lipinski definition) is 3. The molecule has 0 radical (unpaired) electrons. The summed E-state index contributed by atoms with van der Waals surface area (Å²) in [7, 11) is 0. The normalized spacial score (nSPS) is 18.4. The number of ether oxygens (including phenoxy) is 1. The molecule has 0 unspecified atom stereocenters. The van der Waals surface area contributed by atoms with Crippen LogP contribution in [0.1, 0.15) is 18.1 Å². The van der Waals surface area contributed by atoms with Crippen LogP contribution in [0.3, 0.4) is 0 Å². The van der Waals surface area contributed by atoms with Gasteiger partial charge in [0.1, 0.15) is 6.10 Å². The third-order valence-electron chi connectivity index (χ3n) is 3.25. The van der Waals surface area contributed by atoms with Gasteiger partial charge in [-0.05, 0) is 37.1 Å². The molecule has 19 heavy (non-hydrogen) atoms. The number of amides is 2. The van der Waals surface area contributed by atoms with E-state index >= 15 is 0 Å². The van der Waals surface area contributed by atoms with Gasteiger partial charge in [-0.3, -0.25) is 9.69 Å². The zero-order chi connectivity index (χ0) is 14.0. The van der Waals surface area contributed by atoms with Gasteiger partial charge in [0.05, 0.1) is 13.1 Å². The smallest absolute Gasteiger partial charge is 0.414 e. The fourth-order valence-electron chi connectivity index (χ4n) is 1.99. The molecule has 102 valence electrons. The lowest BCUT2D eigenvalue weighted by atomic mass is 10.1. The van der Waals surface area contributed by atoms with Crippen LogP contribution in [0.25, 0.3) is 0 Å². The van der Waals surface area contributed by atoms with E-state index < -0.39 is 0 Å². The van der Waals surface area contributed by atoms with Gasteiger partial charge in [0, 0.05) is 12.6 Å². The van der Waals surface area contributed by atoms with Gasteiger partial charge in [0.25, 0.3) is 0 Å². The SMILES string of the molecule is CC(=O)NC[C@H]1CN(c2ccc(C)c(C)c2)C(=O)O1.